The van der Waals surface area contributed by atoms with Crippen LogP contribution >= 0.6 is 0 Å². The fourth-order valence-electron chi connectivity index (χ4n) is 2.37. The van der Waals surface area contributed by atoms with E-state index in [1.807, 2.05) is 0 Å². The van der Waals surface area contributed by atoms with Gasteiger partial charge in [-0.15, -0.1) is 0 Å². The van der Waals surface area contributed by atoms with Crippen LogP contribution in [0.5, 0.6) is 0 Å². The van der Waals surface area contributed by atoms with Gasteiger partial charge in [-0.25, -0.2) is 9.37 Å². The standard InChI is InChI=1S/C14H16FN3O/c15-11-3-1-2-10(6-11)14-17-13(9-19-14)8-18-5-4-12(16)7-18/h1-3,6,9,12H,4-5,7-8,16H2/t12-/m1/s1. The van der Waals surface area contributed by atoms with Crippen LogP contribution in [0.2, 0.25) is 0 Å². The third-order valence-electron chi connectivity index (χ3n) is 3.32. The second kappa shape index (κ2) is 5.11. The zero-order chi connectivity index (χ0) is 13.2. The first-order chi connectivity index (χ1) is 9.20. The van der Waals surface area contributed by atoms with Crippen LogP contribution in [0.4, 0.5) is 4.39 Å². The average Bonchev–Trinajstić information content (AvgIpc) is 2.99. The summed E-state index contributed by atoms with van der Waals surface area (Å²) in [5, 5.41) is 0. The number of rotatable bonds is 3. The Hall–Kier alpha value is -1.72. The summed E-state index contributed by atoms with van der Waals surface area (Å²) < 4.78 is 18.5. The molecule has 100 valence electrons. The van der Waals surface area contributed by atoms with Crippen molar-refractivity contribution in [3.8, 4) is 11.5 Å². The van der Waals surface area contributed by atoms with E-state index < -0.39 is 0 Å². The van der Waals surface area contributed by atoms with E-state index in [2.05, 4.69) is 9.88 Å². The van der Waals surface area contributed by atoms with E-state index >= 15 is 0 Å². The molecule has 0 amide bonds. The Labute approximate surface area is 111 Å². The molecule has 1 aromatic heterocycles. The highest BCUT2D eigenvalue weighted by atomic mass is 19.1. The molecule has 5 heteroatoms. The first-order valence-electron chi connectivity index (χ1n) is 6.39. The number of nitrogens with two attached hydrogens (primary N) is 1. The lowest BCUT2D eigenvalue weighted by Gasteiger charge is -2.12. The minimum Gasteiger partial charge on any atom is -0.444 e. The van der Waals surface area contributed by atoms with Crippen LogP contribution in [0.25, 0.3) is 11.5 Å². The van der Waals surface area contributed by atoms with Crippen LogP contribution in [-0.2, 0) is 6.54 Å². The zero-order valence-corrected chi connectivity index (χ0v) is 10.6. The van der Waals surface area contributed by atoms with Gasteiger partial charge in [0.15, 0.2) is 0 Å². The van der Waals surface area contributed by atoms with Crippen molar-refractivity contribution in [2.24, 2.45) is 5.73 Å². The lowest BCUT2D eigenvalue weighted by molar-refractivity contribution is 0.322. The van der Waals surface area contributed by atoms with Crippen molar-refractivity contribution in [3.63, 3.8) is 0 Å². The van der Waals surface area contributed by atoms with Gasteiger partial charge < -0.3 is 10.2 Å². The highest BCUT2D eigenvalue weighted by Gasteiger charge is 2.20. The maximum atomic E-state index is 13.1. The molecule has 0 unspecified atom stereocenters. The predicted molar refractivity (Wildman–Crippen MR) is 69.8 cm³/mol. The summed E-state index contributed by atoms with van der Waals surface area (Å²) in [5.41, 5.74) is 7.38. The molecule has 2 aromatic rings. The molecule has 2 N–H and O–H groups in total. The molecule has 1 aliphatic rings. The third-order valence-corrected chi connectivity index (χ3v) is 3.32. The van der Waals surface area contributed by atoms with Gasteiger partial charge >= 0.3 is 0 Å². The van der Waals surface area contributed by atoms with Gasteiger partial charge in [0.25, 0.3) is 0 Å². The second-order valence-corrected chi connectivity index (χ2v) is 4.94. The van der Waals surface area contributed by atoms with Gasteiger partial charge in [-0.3, -0.25) is 4.90 Å². The van der Waals surface area contributed by atoms with E-state index in [1.165, 1.54) is 12.1 Å². The van der Waals surface area contributed by atoms with Crippen molar-refractivity contribution in [3.05, 3.63) is 42.0 Å². The van der Waals surface area contributed by atoms with Crippen LogP contribution < -0.4 is 5.73 Å². The van der Waals surface area contributed by atoms with Crippen molar-refractivity contribution in [1.82, 2.24) is 9.88 Å². The molecule has 0 saturated carbocycles. The van der Waals surface area contributed by atoms with E-state index in [0.29, 0.717) is 11.5 Å². The van der Waals surface area contributed by atoms with Crippen LogP contribution in [0.1, 0.15) is 12.1 Å². The van der Waals surface area contributed by atoms with Gasteiger partial charge in [0.1, 0.15) is 12.1 Å². The van der Waals surface area contributed by atoms with Crippen LogP contribution in [-0.4, -0.2) is 29.0 Å². The van der Waals surface area contributed by atoms with Crippen molar-refractivity contribution in [2.45, 2.75) is 19.0 Å². The zero-order valence-electron chi connectivity index (χ0n) is 10.6. The number of aromatic nitrogens is 1. The molecule has 1 aliphatic heterocycles. The van der Waals surface area contributed by atoms with Crippen molar-refractivity contribution in [1.29, 1.82) is 0 Å². The molecule has 4 nitrogen and oxygen atoms in total. The maximum Gasteiger partial charge on any atom is 0.226 e. The van der Waals surface area contributed by atoms with E-state index in [-0.39, 0.29) is 11.9 Å². The molecule has 1 saturated heterocycles. The van der Waals surface area contributed by atoms with Gasteiger partial charge in [0.05, 0.1) is 5.69 Å². The number of nitrogens with zero attached hydrogens (tertiary/aromatic N) is 2. The Bertz CT molecular complexity index is 569. The van der Waals surface area contributed by atoms with Crippen LogP contribution in [0.3, 0.4) is 0 Å². The molecule has 1 aromatic carbocycles. The Morgan fingerprint density at radius 1 is 1.47 bits per heavy atom. The first kappa shape index (κ1) is 12.3. The van der Waals surface area contributed by atoms with Gasteiger partial charge in [0, 0.05) is 31.2 Å². The van der Waals surface area contributed by atoms with E-state index in [1.54, 1.807) is 18.4 Å². The summed E-state index contributed by atoms with van der Waals surface area (Å²) in [7, 11) is 0. The molecule has 0 aliphatic carbocycles. The third kappa shape index (κ3) is 2.83. The number of hydrogen-bond donors (Lipinski definition) is 1. The quantitative estimate of drug-likeness (QED) is 0.918. The highest BCUT2D eigenvalue weighted by molar-refractivity contribution is 5.52. The van der Waals surface area contributed by atoms with Crippen molar-refractivity contribution >= 4 is 0 Å². The highest BCUT2D eigenvalue weighted by Crippen LogP contribution is 2.20. The molecule has 3 rings (SSSR count). The Morgan fingerprint density at radius 3 is 3.11 bits per heavy atom. The van der Waals surface area contributed by atoms with Gasteiger partial charge in [0.2, 0.25) is 5.89 Å². The normalized spacial score (nSPS) is 20.0. The molecule has 1 atom stereocenters. The van der Waals surface area contributed by atoms with Crippen LogP contribution in [0, 0.1) is 5.82 Å². The van der Waals surface area contributed by atoms with E-state index in [4.69, 9.17) is 10.2 Å². The second-order valence-electron chi connectivity index (χ2n) is 4.94. The summed E-state index contributed by atoms with van der Waals surface area (Å²) in [6.07, 6.45) is 2.65. The lowest BCUT2D eigenvalue weighted by Crippen LogP contribution is -2.26. The summed E-state index contributed by atoms with van der Waals surface area (Å²) in [5.74, 6) is 0.167. The van der Waals surface area contributed by atoms with Gasteiger partial charge in [-0.2, -0.15) is 0 Å². The summed E-state index contributed by atoms with van der Waals surface area (Å²) in [6.45, 7) is 2.61. The Kier molecular flexibility index (Phi) is 3.31. The molecular weight excluding hydrogens is 245 g/mol. The number of halogens is 1. The molecule has 0 bridgehead atoms. The monoisotopic (exact) mass is 261 g/mol. The van der Waals surface area contributed by atoms with Gasteiger partial charge in [-0.05, 0) is 24.6 Å². The summed E-state index contributed by atoms with van der Waals surface area (Å²) in [4.78, 5) is 6.64. The van der Waals surface area contributed by atoms with Crippen molar-refractivity contribution < 1.29 is 8.81 Å². The molecule has 0 radical (unpaired) electrons. The first-order valence-corrected chi connectivity index (χ1v) is 6.39. The van der Waals surface area contributed by atoms with Crippen molar-refractivity contribution in [2.75, 3.05) is 13.1 Å². The Morgan fingerprint density at radius 2 is 2.37 bits per heavy atom. The summed E-state index contributed by atoms with van der Waals surface area (Å²) in [6, 6.07) is 6.51. The lowest BCUT2D eigenvalue weighted by atomic mass is 10.2. The minimum absolute atomic E-state index is 0.259. The fourth-order valence-corrected chi connectivity index (χ4v) is 2.37. The van der Waals surface area contributed by atoms with Gasteiger partial charge in [-0.1, -0.05) is 6.07 Å². The van der Waals surface area contributed by atoms with E-state index in [0.717, 1.165) is 31.7 Å². The largest absolute Gasteiger partial charge is 0.444 e. The molecular formula is C14H16FN3O. The maximum absolute atomic E-state index is 13.1. The molecule has 19 heavy (non-hydrogen) atoms. The Balaban J connectivity index is 1.73. The number of benzene rings is 1. The molecule has 0 spiro atoms. The smallest absolute Gasteiger partial charge is 0.226 e. The SMILES string of the molecule is N[C@@H]1CCN(Cc2coc(-c3cccc(F)c3)n2)C1. The minimum atomic E-state index is -0.289. The number of hydrogen-bond acceptors (Lipinski definition) is 4. The van der Waals surface area contributed by atoms with Crippen LogP contribution in [0.15, 0.2) is 34.9 Å². The topological polar surface area (TPSA) is 55.3 Å². The number of likely N-dealkylation sites (tertiary alicyclic amines) is 1. The van der Waals surface area contributed by atoms with E-state index in [9.17, 15) is 4.39 Å². The number of oxazole rings is 1. The average molecular weight is 261 g/mol. The molecule has 1 fully saturated rings. The fraction of sp³-hybridized carbons (Fsp3) is 0.357. The predicted octanol–water partition coefficient (Wildman–Crippen LogP) is 2.01. The summed E-state index contributed by atoms with van der Waals surface area (Å²) >= 11 is 0. The molecule has 2 heterocycles.